The minimum atomic E-state index is -0.312. The van der Waals surface area contributed by atoms with Crippen molar-refractivity contribution >= 4 is 23.4 Å². The largest absolute Gasteiger partial charge is 0.497 e. The fraction of sp³-hybridized carbons (Fsp3) is 0.176. The molecule has 4 nitrogen and oxygen atoms in total. The van der Waals surface area contributed by atoms with Crippen molar-refractivity contribution < 1.29 is 9.13 Å². The van der Waals surface area contributed by atoms with Gasteiger partial charge in [0.1, 0.15) is 11.6 Å². The highest BCUT2D eigenvalue weighted by atomic mass is 35.5. The highest BCUT2D eigenvalue weighted by Crippen LogP contribution is 2.29. The summed E-state index contributed by atoms with van der Waals surface area (Å²) in [6.07, 6.45) is 0. The molecule has 1 heterocycles. The van der Waals surface area contributed by atoms with Gasteiger partial charge in [-0.3, -0.25) is 0 Å². The molecule has 24 heavy (non-hydrogen) atoms. The summed E-state index contributed by atoms with van der Waals surface area (Å²) in [5.41, 5.74) is 1.40. The average molecular weight is 364 g/mol. The first-order valence-electron chi connectivity index (χ1n) is 7.19. The molecule has 0 spiro atoms. The van der Waals surface area contributed by atoms with Gasteiger partial charge < -0.3 is 9.30 Å². The molecule has 7 heteroatoms. The first-order valence-corrected chi connectivity index (χ1v) is 8.56. The summed E-state index contributed by atoms with van der Waals surface area (Å²) in [5, 5.41) is 9.52. The molecule has 0 fully saturated rings. The Morgan fingerprint density at radius 3 is 2.58 bits per heavy atom. The molecule has 0 aliphatic heterocycles. The molecular formula is C17H15ClFN3OS. The predicted molar refractivity (Wildman–Crippen MR) is 94.0 cm³/mol. The maximum Gasteiger partial charge on any atom is 0.191 e. The Balaban J connectivity index is 1.80. The lowest BCUT2D eigenvalue weighted by Gasteiger charge is -2.06. The van der Waals surface area contributed by atoms with E-state index in [0.29, 0.717) is 21.5 Å². The molecular weight excluding hydrogens is 349 g/mol. The summed E-state index contributed by atoms with van der Waals surface area (Å²) in [7, 11) is 3.50. The summed E-state index contributed by atoms with van der Waals surface area (Å²) >= 11 is 7.45. The first-order chi connectivity index (χ1) is 11.6. The molecule has 0 bridgehead atoms. The number of rotatable bonds is 5. The zero-order valence-electron chi connectivity index (χ0n) is 13.2. The molecule has 0 amide bonds. The number of nitrogens with zero attached hydrogens (tertiary/aromatic N) is 3. The zero-order chi connectivity index (χ0) is 17.1. The summed E-state index contributed by atoms with van der Waals surface area (Å²) in [4.78, 5) is 0. The zero-order valence-corrected chi connectivity index (χ0v) is 14.7. The number of hydrogen-bond donors (Lipinski definition) is 0. The summed E-state index contributed by atoms with van der Waals surface area (Å²) in [6.45, 7) is 0. The molecule has 3 aromatic rings. The second kappa shape index (κ2) is 7.23. The van der Waals surface area contributed by atoms with E-state index in [-0.39, 0.29) is 5.82 Å². The molecule has 3 rings (SSSR count). The van der Waals surface area contributed by atoms with Crippen molar-refractivity contribution in [2.24, 2.45) is 7.05 Å². The monoisotopic (exact) mass is 363 g/mol. The van der Waals surface area contributed by atoms with Crippen LogP contribution in [0.4, 0.5) is 4.39 Å². The van der Waals surface area contributed by atoms with E-state index in [1.165, 1.54) is 17.8 Å². The molecule has 0 atom stereocenters. The summed E-state index contributed by atoms with van der Waals surface area (Å²) in [6, 6.07) is 12.3. The van der Waals surface area contributed by atoms with Crippen molar-refractivity contribution in [1.82, 2.24) is 14.8 Å². The van der Waals surface area contributed by atoms with Gasteiger partial charge >= 0.3 is 0 Å². The highest BCUT2D eigenvalue weighted by molar-refractivity contribution is 7.98. The van der Waals surface area contributed by atoms with E-state index in [1.54, 1.807) is 19.2 Å². The van der Waals surface area contributed by atoms with Gasteiger partial charge in [0.25, 0.3) is 0 Å². The minimum absolute atomic E-state index is 0.312. The standard InChI is InChI=1S/C17H15ClFN3OS/c1-22-16(11-6-8-12(23-2)9-7-11)20-21-17(22)24-10-13-14(18)4-3-5-15(13)19/h3-9H,10H2,1-2H3. The number of aromatic nitrogens is 3. The highest BCUT2D eigenvalue weighted by Gasteiger charge is 2.14. The van der Waals surface area contributed by atoms with Crippen molar-refractivity contribution in [3.8, 4) is 17.1 Å². The lowest BCUT2D eigenvalue weighted by Crippen LogP contribution is -1.96. The van der Waals surface area contributed by atoms with E-state index < -0.39 is 0 Å². The lowest BCUT2D eigenvalue weighted by molar-refractivity contribution is 0.415. The van der Waals surface area contributed by atoms with Gasteiger partial charge in [0, 0.05) is 29.0 Å². The van der Waals surface area contributed by atoms with Crippen molar-refractivity contribution in [1.29, 1.82) is 0 Å². The summed E-state index contributed by atoms with van der Waals surface area (Å²) in [5.74, 6) is 1.59. The number of benzene rings is 2. The Morgan fingerprint density at radius 1 is 1.17 bits per heavy atom. The Kier molecular flexibility index (Phi) is 5.06. The number of methoxy groups -OCH3 is 1. The van der Waals surface area contributed by atoms with Gasteiger partial charge in [0.15, 0.2) is 11.0 Å². The van der Waals surface area contributed by atoms with Gasteiger partial charge in [0.05, 0.1) is 7.11 Å². The third-order valence-electron chi connectivity index (χ3n) is 3.59. The fourth-order valence-electron chi connectivity index (χ4n) is 2.24. The van der Waals surface area contributed by atoms with Gasteiger partial charge in [-0.05, 0) is 36.4 Å². The van der Waals surface area contributed by atoms with Crippen LogP contribution in [0.25, 0.3) is 11.4 Å². The molecule has 0 unspecified atom stereocenters. The van der Waals surface area contributed by atoms with Gasteiger partial charge in [-0.25, -0.2) is 4.39 Å². The topological polar surface area (TPSA) is 39.9 Å². The van der Waals surface area contributed by atoms with E-state index in [9.17, 15) is 4.39 Å². The summed E-state index contributed by atoms with van der Waals surface area (Å²) < 4.78 is 20.9. The van der Waals surface area contributed by atoms with E-state index in [4.69, 9.17) is 16.3 Å². The van der Waals surface area contributed by atoms with Crippen LogP contribution in [0.5, 0.6) is 5.75 Å². The second-order valence-corrected chi connectivity index (χ2v) is 6.43. The SMILES string of the molecule is COc1ccc(-c2nnc(SCc3c(F)cccc3Cl)n2C)cc1. The Morgan fingerprint density at radius 2 is 1.92 bits per heavy atom. The third-order valence-corrected chi connectivity index (χ3v) is 4.99. The second-order valence-electron chi connectivity index (χ2n) is 5.08. The van der Waals surface area contributed by atoms with Crippen LogP contribution >= 0.6 is 23.4 Å². The molecule has 0 aliphatic rings. The van der Waals surface area contributed by atoms with E-state index >= 15 is 0 Å². The normalized spacial score (nSPS) is 10.8. The van der Waals surface area contributed by atoms with E-state index in [0.717, 1.165) is 17.1 Å². The Bertz CT molecular complexity index is 831. The third kappa shape index (κ3) is 3.39. The number of hydrogen-bond acceptors (Lipinski definition) is 4. The van der Waals surface area contributed by atoms with Crippen LogP contribution in [0.15, 0.2) is 47.6 Å². The van der Waals surface area contributed by atoms with Crippen LogP contribution in [-0.4, -0.2) is 21.9 Å². The Hall–Kier alpha value is -2.05. The molecule has 0 aliphatic carbocycles. The van der Waals surface area contributed by atoms with Crippen molar-refractivity contribution in [2.45, 2.75) is 10.9 Å². The predicted octanol–water partition coefficient (Wildman–Crippen LogP) is 4.58. The maximum atomic E-state index is 13.8. The fourth-order valence-corrected chi connectivity index (χ4v) is 3.49. The van der Waals surface area contributed by atoms with Crippen LogP contribution in [0.1, 0.15) is 5.56 Å². The average Bonchev–Trinajstić information content (AvgIpc) is 2.95. The molecule has 0 N–H and O–H groups in total. The van der Waals surface area contributed by atoms with E-state index in [1.807, 2.05) is 35.9 Å². The number of thioether (sulfide) groups is 1. The molecule has 1 aromatic heterocycles. The van der Waals surface area contributed by atoms with Crippen molar-refractivity contribution in [3.63, 3.8) is 0 Å². The minimum Gasteiger partial charge on any atom is -0.497 e. The number of ether oxygens (including phenoxy) is 1. The van der Waals surface area contributed by atoms with Crippen LogP contribution in [0.2, 0.25) is 5.02 Å². The van der Waals surface area contributed by atoms with Gasteiger partial charge in [0.2, 0.25) is 0 Å². The van der Waals surface area contributed by atoms with Gasteiger partial charge in [-0.1, -0.05) is 29.4 Å². The van der Waals surface area contributed by atoms with Crippen LogP contribution in [0, 0.1) is 5.82 Å². The van der Waals surface area contributed by atoms with E-state index in [2.05, 4.69) is 10.2 Å². The molecule has 0 saturated carbocycles. The smallest absolute Gasteiger partial charge is 0.191 e. The lowest BCUT2D eigenvalue weighted by atomic mass is 10.2. The quantitative estimate of drug-likeness (QED) is 0.622. The molecule has 0 saturated heterocycles. The van der Waals surface area contributed by atoms with Gasteiger partial charge in [-0.15, -0.1) is 10.2 Å². The van der Waals surface area contributed by atoms with Crippen LogP contribution in [0.3, 0.4) is 0 Å². The van der Waals surface area contributed by atoms with Crippen LogP contribution in [-0.2, 0) is 12.8 Å². The van der Waals surface area contributed by atoms with Crippen LogP contribution < -0.4 is 4.74 Å². The molecule has 0 radical (unpaired) electrons. The maximum absolute atomic E-state index is 13.8. The van der Waals surface area contributed by atoms with Crippen molar-refractivity contribution in [3.05, 3.63) is 58.9 Å². The molecule has 124 valence electrons. The Labute approximate surface area is 148 Å². The molecule has 2 aromatic carbocycles. The first kappa shape index (κ1) is 16.8. The number of halogens is 2. The van der Waals surface area contributed by atoms with Crippen molar-refractivity contribution in [2.75, 3.05) is 7.11 Å². The van der Waals surface area contributed by atoms with Gasteiger partial charge in [-0.2, -0.15) is 0 Å².